The number of phenolic OH excluding ortho intramolecular Hbond substituents is 1. The number of carbonyl (C=O) groups excluding carboxylic acids is 1. The van der Waals surface area contributed by atoms with Gasteiger partial charge in [-0.05, 0) is 51.1 Å². The summed E-state index contributed by atoms with van der Waals surface area (Å²) in [6, 6.07) is 5.51. The summed E-state index contributed by atoms with van der Waals surface area (Å²) in [6.45, 7) is 1.64. The zero-order valence-corrected chi connectivity index (χ0v) is 13.4. The molecule has 0 saturated carbocycles. The second-order valence-electron chi connectivity index (χ2n) is 5.89. The van der Waals surface area contributed by atoms with Gasteiger partial charge in [0.1, 0.15) is 5.75 Å². The predicted molar refractivity (Wildman–Crippen MR) is 84.7 cm³/mol. The van der Waals surface area contributed by atoms with Crippen LogP contribution in [0.5, 0.6) is 5.75 Å². The number of amides is 1. The number of nitrogens with zero attached hydrogens (tertiary/aromatic N) is 2. The summed E-state index contributed by atoms with van der Waals surface area (Å²) in [5.74, 6) is 0.188. The molecular formula is C16H23ClN2O2. The van der Waals surface area contributed by atoms with E-state index in [9.17, 15) is 9.90 Å². The van der Waals surface area contributed by atoms with Crippen LogP contribution in [-0.2, 0) is 11.2 Å². The van der Waals surface area contributed by atoms with Gasteiger partial charge in [-0.1, -0.05) is 17.7 Å². The Morgan fingerprint density at radius 3 is 2.81 bits per heavy atom. The summed E-state index contributed by atoms with van der Waals surface area (Å²) < 4.78 is 0. The zero-order valence-electron chi connectivity index (χ0n) is 12.7. The van der Waals surface area contributed by atoms with Crippen LogP contribution in [0, 0.1) is 0 Å². The lowest BCUT2D eigenvalue weighted by molar-refractivity contribution is -0.130. The van der Waals surface area contributed by atoms with Crippen molar-refractivity contribution in [3.05, 3.63) is 28.8 Å². The molecule has 1 atom stereocenters. The zero-order chi connectivity index (χ0) is 15.4. The summed E-state index contributed by atoms with van der Waals surface area (Å²) in [4.78, 5) is 16.6. The molecule has 1 N–H and O–H groups in total. The van der Waals surface area contributed by atoms with Crippen molar-refractivity contribution < 1.29 is 9.90 Å². The van der Waals surface area contributed by atoms with Crippen LogP contribution < -0.4 is 0 Å². The van der Waals surface area contributed by atoms with Crippen molar-refractivity contribution in [3.8, 4) is 5.75 Å². The number of hydrogen-bond donors (Lipinski definition) is 1. The lowest BCUT2D eigenvalue weighted by atomic mass is 10.1. The van der Waals surface area contributed by atoms with E-state index >= 15 is 0 Å². The van der Waals surface area contributed by atoms with Gasteiger partial charge < -0.3 is 14.9 Å². The van der Waals surface area contributed by atoms with Gasteiger partial charge >= 0.3 is 0 Å². The average molecular weight is 311 g/mol. The molecule has 116 valence electrons. The third-order valence-corrected chi connectivity index (χ3v) is 4.45. The lowest BCUT2D eigenvalue weighted by Crippen LogP contribution is -2.34. The summed E-state index contributed by atoms with van der Waals surface area (Å²) in [5.41, 5.74) is 0.844. The van der Waals surface area contributed by atoms with Gasteiger partial charge in [0.2, 0.25) is 5.91 Å². The Labute approximate surface area is 131 Å². The third-order valence-electron chi connectivity index (χ3n) is 4.15. The molecule has 0 bridgehead atoms. The van der Waals surface area contributed by atoms with Crippen LogP contribution in [0.4, 0.5) is 0 Å². The molecule has 0 aliphatic carbocycles. The minimum Gasteiger partial charge on any atom is -0.506 e. The molecule has 1 aliphatic heterocycles. The van der Waals surface area contributed by atoms with E-state index in [0.717, 1.165) is 37.9 Å². The standard InChI is InChI=1S/C16H23ClN2O2/c1-18(2)13-4-3-8-19(9-7-13)16(21)11-12-5-6-15(20)14(17)10-12/h5-6,10,13,20H,3-4,7-9,11H2,1-2H3. The monoisotopic (exact) mass is 310 g/mol. The number of halogens is 1. The Bertz CT molecular complexity index is 505. The van der Waals surface area contributed by atoms with Gasteiger partial charge in [0.15, 0.2) is 0 Å². The number of carbonyl (C=O) groups is 1. The Balaban J connectivity index is 1.95. The molecule has 0 spiro atoms. The van der Waals surface area contributed by atoms with Crippen molar-refractivity contribution in [2.45, 2.75) is 31.7 Å². The Morgan fingerprint density at radius 2 is 2.14 bits per heavy atom. The molecule has 1 amide bonds. The molecule has 1 saturated heterocycles. The topological polar surface area (TPSA) is 43.8 Å². The van der Waals surface area contributed by atoms with Gasteiger partial charge in [-0.15, -0.1) is 0 Å². The predicted octanol–water partition coefficient (Wildman–Crippen LogP) is 2.53. The maximum Gasteiger partial charge on any atom is 0.226 e. The van der Waals surface area contributed by atoms with Crippen LogP contribution in [0.25, 0.3) is 0 Å². The minimum absolute atomic E-state index is 0.0523. The Kier molecular flexibility index (Phi) is 5.48. The van der Waals surface area contributed by atoms with E-state index in [0.29, 0.717) is 17.5 Å². The molecule has 21 heavy (non-hydrogen) atoms. The number of hydrogen-bond acceptors (Lipinski definition) is 3. The van der Waals surface area contributed by atoms with Crippen LogP contribution in [0.1, 0.15) is 24.8 Å². The van der Waals surface area contributed by atoms with Crippen molar-refractivity contribution >= 4 is 17.5 Å². The highest BCUT2D eigenvalue weighted by atomic mass is 35.5. The van der Waals surface area contributed by atoms with E-state index in [-0.39, 0.29) is 11.7 Å². The van der Waals surface area contributed by atoms with Crippen LogP contribution >= 0.6 is 11.6 Å². The molecule has 0 radical (unpaired) electrons. The first-order valence-electron chi connectivity index (χ1n) is 7.39. The highest BCUT2D eigenvalue weighted by Gasteiger charge is 2.21. The normalized spacial score (nSPS) is 19.6. The lowest BCUT2D eigenvalue weighted by Gasteiger charge is -2.23. The number of phenols is 1. The Hall–Kier alpha value is -1.26. The first kappa shape index (κ1) is 16.1. The average Bonchev–Trinajstić information content (AvgIpc) is 2.69. The molecule has 1 aromatic carbocycles. The van der Waals surface area contributed by atoms with E-state index in [4.69, 9.17) is 11.6 Å². The molecule has 5 heteroatoms. The smallest absolute Gasteiger partial charge is 0.226 e. The minimum atomic E-state index is 0.0523. The number of rotatable bonds is 3. The van der Waals surface area contributed by atoms with Crippen LogP contribution in [0.2, 0.25) is 5.02 Å². The van der Waals surface area contributed by atoms with Gasteiger partial charge in [0.25, 0.3) is 0 Å². The van der Waals surface area contributed by atoms with Crippen molar-refractivity contribution in [2.75, 3.05) is 27.2 Å². The van der Waals surface area contributed by atoms with Crippen LogP contribution in [0.3, 0.4) is 0 Å². The molecule has 2 rings (SSSR count). The SMILES string of the molecule is CN(C)C1CCCN(C(=O)Cc2ccc(O)c(Cl)c2)CC1. The molecule has 1 aliphatic rings. The largest absolute Gasteiger partial charge is 0.506 e. The fourth-order valence-corrected chi connectivity index (χ4v) is 2.99. The second-order valence-corrected chi connectivity index (χ2v) is 6.30. The highest BCUT2D eigenvalue weighted by molar-refractivity contribution is 6.32. The number of benzene rings is 1. The second kappa shape index (κ2) is 7.14. The third kappa shape index (κ3) is 4.35. The van der Waals surface area contributed by atoms with E-state index in [1.54, 1.807) is 12.1 Å². The molecule has 4 nitrogen and oxygen atoms in total. The molecule has 1 fully saturated rings. The van der Waals surface area contributed by atoms with Gasteiger partial charge in [0, 0.05) is 19.1 Å². The van der Waals surface area contributed by atoms with Gasteiger partial charge in [-0.2, -0.15) is 0 Å². The van der Waals surface area contributed by atoms with Gasteiger partial charge in [-0.3, -0.25) is 4.79 Å². The van der Waals surface area contributed by atoms with Gasteiger partial charge in [0.05, 0.1) is 11.4 Å². The van der Waals surface area contributed by atoms with Crippen molar-refractivity contribution in [1.82, 2.24) is 9.80 Å². The first-order chi connectivity index (χ1) is 9.97. The maximum atomic E-state index is 12.4. The van der Waals surface area contributed by atoms with E-state index in [1.807, 2.05) is 4.90 Å². The summed E-state index contributed by atoms with van der Waals surface area (Å²) >= 11 is 5.88. The van der Waals surface area contributed by atoms with E-state index in [1.165, 1.54) is 6.07 Å². The Morgan fingerprint density at radius 1 is 1.38 bits per heavy atom. The fourth-order valence-electron chi connectivity index (χ4n) is 2.79. The molecule has 1 heterocycles. The maximum absolute atomic E-state index is 12.4. The molecule has 1 unspecified atom stereocenters. The molecule has 0 aromatic heterocycles. The number of aromatic hydroxyl groups is 1. The van der Waals surface area contributed by atoms with Crippen LogP contribution in [0.15, 0.2) is 18.2 Å². The van der Waals surface area contributed by atoms with E-state index < -0.39 is 0 Å². The summed E-state index contributed by atoms with van der Waals surface area (Å²) in [7, 11) is 4.20. The van der Waals surface area contributed by atoms with Crippen LogP contribution in [-0.4, -0.2) is 54.0 Å². The van der Waals surface area contributed by atoms with Crippen molar-refractivity contribution in [1.29, 1.82) is 0 Å². The van der Waals surface area contributed by atoms with E-state index in [2.05, 4.69) is 19.0 Å². The molecular weight excluding hydrogens is 288 g/mol. The van der Waals surface area contributed by atoms with Gasteiger partial charge in [-0.25, -0.2) is 0 Å². The summed E-state index contributed by atoms with van der Waals surface area (Å²) in [6.07, 6.45) is 3.55. The molecule has 1 aromatic rings. The van der Waals surface area contributed by atoms with Crippen molar-refractivity contribution in [3.63, 3.8) is 0 Å². The highest BCUT2D eigenvalue weighted by Crippen LogP contribution is 2.24. The first-order valence-corrected chi connectivity index (χ1v) is 7.77. The number of likely N-dealkylation sites (tertiary alicyclic amines) is 1. The summed E-state index contributed by atoms with van der Waals surface area (Å²) in [5, 5.41) is 9.71. The fraction of sp³-hybridized carbons (Fsp3) is 0.562. The quantitative estimate of drug-likeness (QED) is 0.933. The van der Waals surface area contributed by atoms with Crippen molar-refractivity contribution in [2.24, 2.45) is 0 Å².